The summed E-state index contributed by atoms with van der Waals surface area (Å²) in [5, 5.41) is 5.59. The summed E-state index contributed by atoms with van der Waals surface area (Å²) in [6.07, 6.45) is 5.49. The molecule has 0 bridgehead atoms. The molecule has 138 valence electrons. The third-order valence-electron chi connectivity index (χ3n) is 4.19. The van der Waals surface area contributed by atoms with Crippen molar-refractivity contribution in [1.82, 2.24) is 15.0 Å². The van der Waals surface area contributed by atoms with Crippen molar-refractivity contribution in [2.45, 2.75) is 6.42 Å². The number of amides is 1. The molecule has 3 aromatic heterocycles. The second-order valence-electron chi connectivity index (χ2n) is 6.11. The molecule has 1 fully saturated rings. The van der Waals surface area contributed by atoms with Crippen LogP contribution in [0.5, 0.6) is 0 Å². The maximum Gasteiger partial charge on any atom is 0.231 e. The van der Waals surface area contributed by atoms with E-state index in [4.69, 9.17) is 4.74 Å². The Balaban J connectivity index is 1.35. The lowest BCUT2D eigenvalue weighted by atomic mass is 10.3. The highest BCUT2D eigenvalue weighted by atomic mass is 32.1. The van der Waals surface area contributed by atoms with Crippen LogP contribution in [0.25, 0.3) is 10.6 Å². The Kier molecular flexibility index (Phi) is 5.36. The quantitative estimate of drug-likeness (QED) is 0.732. The van der Waals surface area contributed by atoms with Gasteiger partial charge in [0.1, 0.15) is 10.8 Å². The van der Waals surface area contributed by atoms with Crippen molar-refractivity contribution in [2.24, 2.45) is 0 Å². The second kappa shape index (κ2) is 8.24. The Morgan fingerprint density at radius 2 is 2.11 bits per heavy atom. The van der Waals surface area contributed by atoms with E-state index in [2.05, 4.69) is 25.2 Å². The van der Waals surface area contributed by atoms with Crippen LogP contribution in [-0.2, 0) is 16.0 Å². The van der Waals surface area contributed by atoms with E-state index in [0.717, 1.165) is 48.3 Å². The summed E-state index contributed by atoms with van der Waals surface area (Å²) in [7, 11) is 0. The molecule has 1 aliphatic heterocycles. The van der Waals surface area contributed by atoms with Crippen LogP contribution >= 0.6 is 11.3 Å². The SMILES string of the molecule is O=C(Cc1csc(-c2cccnc2)n1)Nc1ccc(N2CCOCC2)cn1. The number of aromatic nitrogens is 3. The topological polar surface area (TPSA) is 80.2 Å². The molecule has 4 heterocycles. The van der Waals surface area contributed by atoms with Gasteiger partial charge in [-0.1, -0.05) is 0 Å². The first-order valence-corrected chi connectivity index (χ1v) is 9.59. The van der Waals surface area contributed by atoms with Gasteiger partial charge in [0.25, 0.3) is 0 Å². The van der Waals surface area contributed by atoms with Gasteiger partial charge in [0.05, 0.1) is 37.2 Å². The predicted molar refractivity (Wildman–Crippen MR) is 105 cm³/mol. The van der Waals surface area contributed by atoms with Gasteiger partial charge in [-0.3, -0.25) is 9.78 Å². The van der Waals surface area contributed by atoms with Gasteiger partial charge < -0.3 is 15.0 Å². The smallest absolute Gasteiger partial charge is 0.231 e. The number of pyridine rings is 2. The molecule has 0 saturated carbocycles. The third kappa shape index (κ3) is 4.47. The largest absolute Gasteiger partial charge is 0.378 e. The summed E-state index contributed by atoms with van der Waals surface area (Å²) in [6, 6.07) is 7.62. The van der Waals surface area contributed by atoms with Crippen LogP contribution in [0.1, 0.15) is 5.69 Å². The van der Waals surface area contributed by atoms with E-state index < -0.39 is 0 Å². The molecular weight excluding hydrogens is 362 g/mol. The third-order valence-corrected chi connectivity index (χ3v) is 5.13. The minimum absolute atomic E-state index is 0.135. The fraction of sp³-hybridized carbons (Fsp3) is 0.263. The molecular formula is C19H19N5O2S. The Bertz CT molecular complexity index is 892. The molecule has 4 rings (SSSR count). The van der Waals surface area contributed by atoms with Crippen molar-refractivity contribution in [3.8, 4) is 10.6 Å². The average molecular weight is 381 g/mol. The summed E-state index contributed by atoms with van der Waals surface area (Å²) in [5.41, 5.74) is 2.73. The van der Waals surface area contributed by atoms with Crippen LogP contribution in [-0.4, -0.2) is 47.2 Å². The first-order valence-electron chi connectivity index (χ1n) is 8.71. The molecule has 1 N–H and O–H groups in total. The number of rotatable bonds is 5. The molecule has 27 heavy (non-hydrogen) atoms. The minimum Gasteiger partial charge on any atom is -0.378 e. The van der Waals surface area contributed by atoms with E-state index in [1.807, 2.05) is 29.6 Å². The van der Waals surface area contributed by atoms with Crippen molar-refractivity contribution in [3.05, 3.63) is 53.9 Å². The summed E-state index contributed by atoms with van der Waals surface area (Å²) in [4.78, 5) is 27.5. The Labute approximate surface area is 161 Å². The first-order chi connectivity index (χ1) is 13.3. The van der Waals surface area contributed by atoms with Crippen molar-refractivity contribution in [3.63, 3.8) is 0 Å². The second-order valence-corrected chi connectivity index (χ2v) is 6.97. The van der Waals surface area contributed by atoms with E-state index in [1.165, 1.54) is 11.3 Å². The number of anilines is 2. The maximum atomic E-state index is 12.3. The molecule has 0 spiro atoms. The minimum atomic E-state index is -0.135. The molecule has 1 aliphatic rings. The van der Waals surface area contributed by atoms with Crippen molar-refractivity contribution < 1.29 is 9.53 Å². The zero-order chi connectivity index (χ0) is 18.5. The lowest BCUT2D eigenvalue weighted by molar-refractivity contribution is -0.115. The number of nitrogens with one attached hydrogen (secondary N) is 1. The van der Waals surface area contributed by atoms with Gasteiger partial charge in [0.15, 0.2) is 0 Å². The van der Waals surface area contributed by atoms with Crippen molar-refractivity contribution >= 4 is 28.7 Å². The van der Waals surface area contributed by atoms with E-state index in [-0.39, 0.29) is 12.3 Å². The number of carbonyl (C=O) groups is 1. The highest BCUT2D eigenvalue weighted by molar-refractivity contribution is 7.13. The van der Waals surface area contributed by atoms with Crippen LogP contribution in [0, 0.1) is 0 Å². The zero-order valence-electron chi connectivity index (χ0n) is 14.7. The molecule has 0 aromatic carbocycles. The standard InChI is InChI=1S/C19H19N5O2S/c25-18(10-15-13-27-19(22-15)14-2-1-5-20-11-14)23-17-4-3-16(12-21-17)24-6-8-26-9-7-24/h1-5,11-13H,6-10H2,(H,21,23,25). The highest BCUT2D eigenvalue weighted by Gasteiger charge is 2.13. The lowest BCUT2D eigenvalue weighted by Gasteiger charge is -2.28. The van der Waals surface area contributed by atoms with Gasteiger partial charge in [-0.25, -0.2) is 9.97 Å². The highest BCUT2D eigenvalue weighted by Crippen LogP contribution is 2.23. The summed E-state index contributed by atoms with van der Waals surface area (Å²) in [5.74, 6) is 0.407. The number of thiazole rings is 1. The molecule has 3 aromatic rings. The van der Waals surface area contributed by atoms with Gasteiger partial charge in [-0.2, -0.15) is 0 Å². The van der Waals surface area contributed by atoms with Gasteiger partial charge >= 0.3 is 0 Å². The zero-order valence-corrected chi connectivity index (χ0v) is 15.5. The summed E-state index contributed by atoms with van der Waals surface area (Å²) in [6.45, 7) is 3.17. The molecule has 0 aliphatic carbocycles. The van der Waals surface area contributed by atoms with E-state index in [9.17, 15) is 4.79 Å². The molecule has 1 saturated heterocycles. The molecule has 1 amide bonds. The first kappa shape index (κ1) is 17.6. The molecule has 0 atom stereocenters. The lowest BCUT2D eigenvalue weighted by Crippen LogP contribution is -2.36. The maximum absolute atomic E-state index is 12.3. The van der Waals surface area contributed by atoms with Crippen LogP contribution < -0.4 is 10.2 Å². The number of hydrogen-bond donors (Lipinski definition) is 1. The fourth-order valence-electron chi connectivity index (χ4n) is 2.83. The predicted octanol–water partition coefficient (Wildman–Crippen LogP) is 2.62. The number of ether oxygens (including phenoxy) is 1. The molecule has 8 heteroatoms. The van der Waals surface area contributed by atoms with Crippen LogP contribution in [0.15, 0.2) is 48.2 Å². The van der Waals surface area contributed by atoms with Gasteiger partial charge in [0, 0.05) is 36.4 Å². The summed E-state index contributed by atoms with van der Waals surface area (Å²) >= 11 is 1.51. The van der Waals surface area contributed by atoms with Gasteiger partial charge in [-0.05, 0) is 24.3 Å². The fourth-order valence-corrected chi connectivity index (χ4v) is 3.64. The number of hydrogen-bond acceptors (Lipinski definition) is 7. The average Bonchev–Trinajstić information content (AvgIpc) is 3.18. The number of nitrogens with zero attached hydrogens (tertiary/aromatic N) is 4. The Morgan fingerprint density at radius 1 is 1.22 bits per heavy atom. The monoisotopic (exact) mass is 381 g/mol. The van der Waals surface area contributed by atoms with E-state index >= 15 is 0 Å². The molecule has 0 unspecified atom stereocenters. The number of morpholine rings is 1. The van der Waals surface area contributed by atoms with E-state index in [0.29, 0.717) is 5.82 Å². The molecule has 7 nitrogen and oxygen atoms in total. The van der Waals surface area contributed by atoms with Gasteiger partial charge in [0.2, 0.25) is 5.91 Å². The molecule has 0 radical (unpaired) electrons. The van der Waals surface area contributed by atoms with Crippen molar-refractivity contribution in [2.75, 3.05) is 36.5 Å². The van der Waals surface area contributed by atoms with Crippen LogP contribution in [0.2, 0.25) is 0 Å². The van der Waals surface area contributed by atoms with Crippen LogP contribution in [0.4, 0.5) is 11.5 Å². The number of carbonyl (C=O) groups excluding carboxylic acids is 1. The Morgan fingerprint density at radius 3 is 2.85 bits per heavy atom. The van der Waals surface area contributed by atoms with Crippen molar-refractivity contribution in [1.29, 1.82) is 0 Å². The van der Waals surface area contributed by atoms with Gasteiger partial charge in [-0.15, -0.1) is 11.3 Å². The summed E-state index contributed by atoms with van der Waals surface area (Å²) < 4.78 is 5.36. The normalized spacial score (nSPS) is 14.1. The van der Waals surface area contributed by atoms with E-state index in [1.54, 1.807) is 18.6 Å². The Hall–Kier alpha value is -2.84. The van der Waals surface area contributed by atoms with Crippen LogP contribution in [0.3, 0.4) is 0 Å².